The van der Waals surface area contributed by atoms with Crippen LogP contribution < -0.4 is 5.32 Å². The molecule has 17 heavy (non-hydrogen) atoms. The lowest BCUT2D eigenvalue weighted by Crippen LogP contribution is -2.41. The number of nitrogens with zero attached hydrogens (tertiary/aromatic N) is 2. The molecule has 0 atom stereocenters. The van der Waals surface area contributed by atoms with Crippen molar-refractivity contribution in [3.8, 4) is 0 Å². The van der Waals surface area contributed by atoms with E-state index in [4.69, 9.17) is 0 Å². The Hall–Kier alpha value is -0.930. The first-order valence-corrected chi connectivity index (χ1v) is 6.38. The van der Waals surface area contributed by atoms with E-state index in [1.165, 1.54) is 0 Å². The van der Waals surface area contributed by atoms with Crippen molar-refractivity contribution in [2.75, 3.05) is 19.6 Å². The summed E-state index contributed by atoms with van der Waals surface area (Å²) in [5.74, 6) is 0. The monoisotopic (exact) mass is 235 g/mol. The molecule has 1 heterocycles. The lowest BCUT2D eigenvalue weighted by Gasteiger charge is -2.25. The molecule has 96 valence electrons. The van der Waals surface area contributed by atoms with Crippen LogP contribution in [0.25, 0.3) is 0 Å². The third-order valence-corrected chi connectivity index (χ3v) is 2.64. The Balaban J connectivity index is 2.34. The summed E-state index contributed by atoms with van der Waals surface area (Å²) in [6.07, 6.45) is 1.86. The molecular weight excluding hydrogens is 210 g/mol. The summed E-state index contributed by atoms with van der Waals surface area (Å²) in [5, 5.41) is 3.51. The maximum Gasteiger partial charge on any atom is 0.0543 e. The van der Waals surface area contributed by atoms with Gasteiger partial charge in [0.25, 0.3) is 0 Å². The summed E-state index contributed by atoms with van der Waals surface area (Å²) in [6.45, 7) is 12.9. The van der Waals surface area contributed by atoms with Crippen LogP contribution in [0.2, 0.25) is 0 Å². The zero-order valence-corrected chi connectivity index (χ0v) is 11.5. The van der Waals surface area contributed by atoms with Gasteiger partial charge in [-0.25, -0.2) is 0 Å². The minimum absolute atomic E-state index is 0.199. The van der Waals surface area contributed by atoms with Crippen molar-refractivity contribution in [1.29, 1.82) is 0 Å². The Kier molecular flexibility index (Phi) is 5.59. The van der Waals surface area contributed by atoms with Gasteiger partial charge >= 0.3 is 0 Å². The van der Waals surface area contributed by atoms with E-state index in [9.17, 15) is 0 Å². The van der Waals surface area contributed by atoms with Crippen LogP contribution in [0.1, 0.15) is 33.4 Å². The van der Waals surface area contributed by atoms with Crippen molar-refractivity contribution in [1.82, 2.24) is 15.2 Å². The Morgan fingerprint density at radius 2 is 2.06 bits per heavy atom. The SMILES string of the molecule is CCN(CCNC(C)(C)C)Cc1ccccn1. The summed E-state index contributed by atoms with van der Waals surface area (Å²) in [6, 6.07) is 6.09. The van der Waals surface area contributed by atoms with E-state index >= 15 is 0 Å². The first-order valence-electron chi connectivity index (χ1n) is 6.38. The Morgan fingerprint density at radius 1 is 1.29 bits per heavy atom. The van der Waals surface area contributed by atoms with Crippen LogP contribution >= 0.6 is 0 Å². The molecule has 0 radical (unpaired) electrons. The van der Waals surface area contributed by atoms with Crippen LogP contribution in [-0.4, -0.2) is 35.1 Å². The predicted octanol–water partition coefficient (Wildman–Crippen LogP) is 2.29. The third kappa shape index (κ3) is 6.39. The molecule has 0 unspecified atom stereocenters. The highest BCUT2D eigenvalue weighted by Gasteiger charge is 2.09. The van der Waals surface area contributed by atoms with Crippen LogP contribution in [0, 0.1) is 0 Å². The van der Waals surface area contributed by atoms with Gasteiger partial charge in [-0.3, -0.25) is 9.88 Å². The van der Waals surface area contributed by atoms with E-state index in [0.29, 0.717) is 0 Å². The van der Waals surface area contributed by atoms with Gasteiger partial charge in [0.2, 0.25) is 0 Å². The summed E-state index contributed by atoms with van der Waals surface area (Å²) in [7, 11) is 0. The highest BCUT2D eigenvalue weighted by Crippen LogP contribution is 2.01. The molecule has 0 fully saturated rings. The zero-order valence-electron chi connectivity index (χ0n) is 11.5. The molecule has 0 aromatic carbocycles. The minimum atomic E-state index is 0.199. The van der Waals surface area contributed by atoms with Crippen molar-refractivity contribution >= 4 is 0 Å². The number of pyridine rings is 1. The number of aromatic nitrogens is 1. The molecular formula is C14H25N3. The molecule has 1 aromatic rings. The van der Waals surface area contributed by atoms with Crippen molar-refractivity contribution in [3.63, 3.8) is 0 Å². The molecule has 0 aliphatic heterocycles. The molecule has 0 bridgehead atoms. The van der Waals surface area contributed by atoms with Gasteiger partial charge in [-0.1, -0.05) is 13.0 Å². The van der Waals surface area contributed by atoms with Crippen molar-refractivity contribution in [2.45, 2.75) is 39.8 Å². The normalized spacial score (nSPS) is 12.1. The third-order valence-electron chi connectivity index (χ3n) is 2.64. The quantitative estimate of drug-likeness (QED) is 0.820. The number of nitrogens with one attached hydrogen (secondary N) is 1. The van der Waals surface area contributed by atoms with E-state index in [1.807, 2.05) is 18.3 Å². The fourth-order valence-corrected chi connectivity index (χ4v) is 1.66. The molecule has 3 heteroatoms. The van der Waals surface area contributed by atoms with Gasteiger partial charge in [0.1, 0.15) is 0 Å². The number of rotatable bonds is 6. The maximum absolute atomic E-state index is 4.36. The van der Waals surface area contributed by atoms with Crippen molar-refractivity contribution in [3.05, 3.63) is 30.1 Å². The summed E-state index contributed by atoms with van der Waals surface area (Å²) in [4.78, 5) is 6.77. The topological polar surface area (TPSA) is 28.2 Å². The van der Waals surface area contributed by atoms with Crippen molar-refractivity contribution in [2.24, 2.45) is 0 Å². The Bertz CT molecular complexity index is 303. The minimum Gasteiger partial charge on any atom is -0.311 e. The molecule has 0 saturated heterocycles. The molecule has 1 N–H and O–H groups in total. The van der Waals surface area contributed by atoms with E-state index in [2.05, 4.69) is 49.0 Å². The van der Waals surface area contributed by atoms with E-state index in [-0.39, 0.29) is 5.54 Å². The van der Waals surface area contributed by atoms with Gasteiger partial charge in [-0.05, 0) is 39.4 Å². The largest absolute Gasteiger partial charge is 0.311 e. The maximum atomic E-state index is 4.36. The Labute approximate surface area is 105 Å². The zero-order chi connectivity index (χ0) is 12.7. The van der Waals surface area contributed by atoms with Crippen LogP contribution in [0.4, 0.5) is 0 Å². The molecule has 1 rings (SSSR count). The number of likely N-dealkylation sites (N-methyl/N-ethyl adjacent to an activating group) is 1. The van der Waals surface area contributed by atoms with Gasteiger partial charge < -0.3 is 5.32 Å². The highest BCUT2D eigenvalue weighted by molar-refractivity contribution is 5.03. The smallest absolute Gasteiger partial charge is 0.0543 e. The second-order valence-electron chi connectivity index (χ2n) is 5.37. The van der Waals surface area contributed by atoms with E-state index in [1.54, 1.807) is 0 Å². The van der Waals surface area contributed by atoms with Gasteiger partial charge in [0.15, 0.2) is 0 Å². The van der Waals surface area contributed by atoms with Gasteiger partial charge in [0, 0.05) is 31.4 Å². The fourth-order valence-electron chi connectivity index (χ4n) is 1.66. The Morgan fingerprint density at radius 3 is 2.59 bits per heavy atom. The number of hydrogen-bond acceptors (Lipinski definition) is 3. The standard InChI is InChI=1S/C14H25N3/c1-5-17(11-10-16-14(2,3)4)12-13-8-6-7-9-15-13/h6-9,16H,5,10-12H2,1-4H3. The van der Waals surface area contributed by atoms with E-state index < -0.39 is 0 Å². The van der Waals surface area contributed by atoms with Crippen LogP contribution in [0.5, 0.6) is 0 Å². The highest BCUT2D eigenvalue weighted by atomic mass is 15.1. The van der Waals surface area contributed by atoms with Crippen LogP contribution in [0.15, 0.2) is 24.4 Å². The first-order chi connectivity index (χ1) is 8.01. The molecule has 0 spiro atoms. The molecule has 0 saturated carbocycles. The average molecular weight is 235 g/mol. The fraction of sp³-hybridized carbons (Fsp3) is 0.643. The summed E-state index contributed by atoms with van der Waals surface area (Å²) < 4.78 is 0. The average Bonchev–Trinajstić information content (AvgIpc) is 2.27. The lowest BCUT2D eigenvalue weighted by molar-refractivity contribution is 0.263. The predicted molar refractivity (Wildman–Crippen MR) is 72.9 cm³/mol. The van der Waals surface area contributed by atoms with Crippen LogP contribution in [0.3, 0.4) is 0 Å². The van der Waals surface area contributed by atoms with Crippen molar-refractivity contribution < 1.29 is 0 Å². The van der Waals surface area contributed by atoms with Gasteiger partial charge in [-0.2, -0.15) is 0 Å². The summed E-state index contributed by atoms with van der Waals surface area (Å²) >= 11 is 0. The van der Waals surface area contributed by atoms with Crippen LogP contribution in [-0.2, 0) is 6.54 Å². The first kappa shape index (κ1) is 14.1. The van der Waals surface area contributed by atoms with E-state index in [0.717, 1.165) is 31.9 Å². The molecule has 0 amide bonds. The molecule has 3 nitrogen and oxygen atoms in total. The van der Waals surface area contributed by atoms with Gasteiger partial charge in [0.05, 0.1) is 5.69 Å². The molecule has 1 aromatic heterocycles. The second kappa shape index (κ2) is 6.72. The second-order valence-corrected chi connectivity index (χ2v) is 5.37. The molecule has 0 aliphatic carbocycles. The van der Waals surface area contributed by atoms with Gasteiger partial charge in [-0.15, -0.1) is 0 Å². The number of hydrogen-bond donors (Lipinski definition) is 1. The lowest BCUT2D eigenvalue weighted by atomic mass is 10.1. The summed E-state index contributed by atoms with van der Waals surface area (Å²) in [5.41, 5.74) is 1.34. The molecule has 0 aliphatic rings.